The molecule has 1 aliphatic rings. The Morgan fingerprint density at radius 2 is 1.71 bits per heavy atom. The lowest BCUT2D eigenvalue weighted by Gasteiger charge is -2.07. The van der Waals surface area contributed by atoms with Gasteiger partial charge >= 0.3 is 0 Å². The molecule has 0 fully saturated rings. The number of amides is 1. The van der Waals surface area contributed by atoms with Crippen molar-refractivity contribution >= 4 is 11.6 Å². The van der Waals surface area contributed by atoms with Gasteiger partial charge in [-0.05, 0) is 38.3 Å². The third-order valence-electron chi connectivity index (χ3n) is 2.52. The van der Waals surface area contributed by atoms with E-state index in [0.29, 0.717) is 11.3 Å². The lowest BCUT2D eigenvalue weighted by atomic mass is 10.1. The van der Waals surface area contributed by atoms with Crippen LogP contribution in [-0.4, -0.2) is 13.0 Å². The number of fused-ring (bicyclic) bond motifs is 1. The van der Waals surface area contributed by atoms with Gasteiger partial charge in [0.1, 0.15) is 0 Å². The molecule has 0 saturated heterocycles. The number of para-hydroxylation sites is 1. The zero-order chi connectivity index (χ0) is 16.3. The third kappa shape index (κ3) is 4.93. The highest BCUT2D eigenvalue weighted by Gasteiger charge is 2.17. The van der Waals surface area contributed by atoms with Crippen LogP contribution in [0.1, 0.15) is 31.1 Å². The van der Waals surface area contributed by atoms with Crippen molar-refractivity contribution < 1.29 is 4.79 Å². The standard InChI is InChI=1S/C14H14N2O.C2H6.CH5N/c1-3-7-13-11(4-2)16-14(17)10-8-5-6-9-12(10)15-13;2*1-2/h3-9,15H,2H2,1H3,(H,16,17);1-2H3;2H2,1H3/b7-3-;;. The van der Waals surface area contributed by atoms with Crippen LogP contribution in [0.5, 0.6) is 0 Å². The second-order valence-electron chi connectivity index (χ2n) is 3.66. The predicted octanol–water partition coefficient (Wildman–Crippen LogP) is 3.42. The SMILES string of the molecule is C=CC1=C(/C=C\C)Nc2ccccc2C(=O)N1.CC.CN. The Morgan fingerprint density at radius 1 is 1.10 bits per heavy atom. The summed E-state index contributed by atoms with van der Waals surface area (Å²) in [4.78, 5) is 12.0. The number of benzene rings is 1. The molecule has 4 heteroatoms. The molecule has 0 saturated carbocycles. The number of hydrogen-bond acceptors (Lipinski definition) is 3. The van der Waals surface area contributed by atoms with Gasteiger partial charge in [-0.2, -0.15) is 0 Å². The van der Waals surface area contributed by atoms with Crippen molar-refractivity contribution in [2.75, 3.05) is 12.4 Å². The highest BCUT2D eigenvalue weighted by molar-refractivity contribution is 6.02. The summed E-state index contributed by atoms with van der Waals surface area (Å²) in [5.41, 5.74) is 7.45. The average molecular weight is 287 g/mol. The number of hydrogen-bond donors (Lipinski definition) is 3. The number of allylic oxidation sites excluding steroid dienone is 3. The molecule has 0 spiro atoms. The molecule has 1 aromatic carbocycles. The number of nitrogens with two attached hydrogens (primary N) is 1. The van der Waals surface area contributed by atoms with Gasteiger partial charge in [0, 0.05) is 0 Å². The van der Waals surface area contributed by atoms with Crippen LogP contribution in [-0.2, 0) is 0 Å². The predicted molar refractivity (Wildman–Crippen MR) is 91.0 cm³/mol. The van der Waals surface area contributed by atoms with E-state index in [-0.39, 0.29) is 5.91 Å². The molecule has 0 radical (unpaired) electrons. The van der Waals surface area contributed by atoms with Crippen molar-refractivity contribution in [3.05, 3.63) is 66.0 Å². The van der Waals surface area contributed by atoms with E-state index in [4.69, 9.17) is 0 Å². The first-order valence-corrected chi connectivity index (χ1v) is 7.01. The number of rotatable bonds is 2. The number of nitrogens with one attached hydrogen (secondary N) is 2. The van der Waals surface area contributed by atoms with E-state index in [1.807, 2.05) is 51.1 Å². The molecule has 0 unspecified atom stereocenters. The summed E-state index contributed by atoms with van der Waals surface area (Å²) in [6.45, 7) is 9.63. The quantitative estimate of drug-likeness (QED) is 0.781. The van der Waals surface area contributed by atoms with Crippen molar-refractivity contribution in [1.29, 1.82) is 0 Å². The van der Waals surface area contributed by atoms with E-state index >= 15 is 0 Å². The summed E-state index contributed by atoms with van der Waals surface area (Å²) in [5.74, 6) is -0.123. The van der Waals surface area contributed by atoms with Gasteiger partial charge in [-0.3, -0.25) is 4.79 Å². The first kappa shape index (κ1) is 18.7. The van der Waals surface area contributed by atoms with Gasteiger partial charge in [-0.15, -0.1) is 0 Å². The van der Waals surface area contributed by atoms with Crippen LogP contribution in [0.15, 0.2) is 60.5 Å². The Morgan fingerprint density at radius 3 is 2.29 bits per heavy atom. The van der Waals surface area contributed by atoms with Crippen molar-refractivity contribution in [1.82, 2.24) is 5.32 Å². The maximum absolute atomic E-state index is 12.0. The zero-order valence-corrected chi connectivity index (χ0v) is 13.2. The molecular formula is C17H25N3O. The van der Waals surface area contributed by atoms with E-state index in [9.17, 15) is 4.79 Å². The minimum atomic E-state index is -0.123. The fraction of sp³-hybridized carbons (Fsp3) is 0.235. The highest BCUT2D eigenvalue weighted by Crippen LogP contribution is 2.22. The molecule has 1 aromatic rings. The average Bonchev–Trinajstić information content (AvgIpc) is 2.69. The van der Waals surface area contributed by atoms with E-state index in [1.54, 1.807) is 12.1 Å². The molecule has 1 heterocycles. The van der Waals surface area contributed by atoms with E-state index in [1.165, 1.54) is 7.05 Å². The van der Waals surface area contributed by atoms with Crippen molar-refractivity contribution in [2.24, 2.45) is 5.73 Å². The largest absolute Gasteiger partial charge is 0.353 e. The maximum atomic E-state index is 12.0. The van der Waals surface area contributed by atoms with Crippen molar-refractivity contribution in [3.8, 4) is 0 Å². The number of carbonyl (C=O) groups excluding carboxylic acids is 1. The normalized spacial score (nSPS) is 12.7. The third-order valence-corrected chi connectivity index (χ3v) is 2.52. The second-order valence-corrected chi connectivity index (χ2v) is 3.66. The Kier molecular flexibility index (Phi) is 9.30. The molecule has 1 amide bonds. The summed E-state index contributed by atoms with van der Waals surface area (Å²) in [6, 6.07) is 7.40. The van der Waals surface area contributed by atoms with E-state index in [0.717, 1.165) is 11.4 Å². The summed E-state index contributed by atoms with van der Waals surface area (Å²) >= 11 is 0. The molecule has 0 bridgehead atoms. The van der Waals surface area contributed by atoms with Crippen LogP contribution >= 0.6 is 0 Å². The van der Waals surface area contributed by atoms with E-state index in [2.05, 4.69) is 22.9 Å². The van der Waals surface area contributed by atoms with Crippen molar-refractivity contribution in [3.63, 3.8) is 0 Å². The minimum absolute atomic E-state index is 0.123. The van der Waals surface area contributed by atoms with Gasteiger partial charge in [0.05, 0.1) is 22.6 Å². The lowest BCUT2D eigenvalue weighted by Crippen LogP contribution is -2.21. The van der Waals surface area contributed by atoms with Crippen LogP contribution in [0.4, 0.5) is 5.69 Å². The van der Waals surface area contributed by atoms with Crippen molar-refractivity contribution in [2.45, 2.75) is 20.8 Å². The van der Waals surface area contributed by atoms with Gasteiger partial charge < -0.3 is 16.4 Å². The minimum Gasteiger partial charge on any atom is -0.353 e. The van der Waals surface area contributed by atoms with Gasteiger partial charge in [-0.1, -0.05) is 38.6 Å². The van der Waals surface area contributed by atoms with Crippen LogP contribution in [0.3, 0.4) is 0 Å². The van der Waals surface area contributed by atoms with Gasteiger partial charge in [0.2, 0.25) is 0 Å². The summed E-state index contributed by atoms with van der Waals surface area (Å²) in [7, 11) is 1.50. The van der Waals surface area contributed by atoms with E-state index < -0.39 is 0 Å². The molecular weight excluding hydrogens is 262 g/mol. The molecule has 0 aliphatic carbocycles. The molecule has 4 nitrogen and oxygen atoms in total. The van der Waals surface area contributed by atoms with Crippen LogP contribution < -0.4 is 16.4 Å². The van der Waals surface area contributed by atoms with Gasteiger partial charge in [0.15, 0.2) is 0 Å². The number of carbonyl (C=O) groups is 1. The molecule has 0 atom stereocenters. The van der Waals surface area contributed by atoms with Crippen LogP contribution in [0.2, 0.25) is 0 Å². The molecule has 4 N–H and O–H groups in total. The fourth-order valence-corrected chi connectivity index (χ4v) is 1.72. The number of anilines is 1. The van der Waals surface area contributed by atoms with Gasteiger partial charge in [-0.25, -0.2) is 0 Å². The Balaban J connectivity index is 0.000000921. The van der Waals surface area contributed by atoms with Crippen LogP contribution in [0.25, 0.3) is 0 Å². The lowest BCUT2D eigenvalue weighted by molar-refractivity contribution is 0.0968. The van der Waals surface area contributed by atoms with Gasteiger partial charge in [0.25, 0.3) is 5.91 Å². The first-order chi connectivity index (χ1) is 10.3. The summed E-state index contributed by atoms with van der Waals surface area (Å²) in [5, 5.41) is 6.06. The molecule has 2 rings (SSSR count). The zero-order valence-electron chi connectivity index (χ0n) is 13.2. The highest BCUT2D eigenvalue weighted by atomic mass is 16.1. The fourth-order valence-electron chi connectivity index (χ4n) is 1.72. The Hall–Kier alpha value is -2.33. The molecule has 21 heavy (non-hydrogen) atoms. The molecule has 1 aliphatic heterocycles. The summed E-state index contributed by atoms with van der Waals surface area (Å²) in [6.07, 6.45) is 5.44. The molecule has 114 valence electrons. The molecule has 0 aromatic heterocycles. The summed E-state index contributed by atoms with van der Waals surface area (Å²) < 4.78 is 0. The Bertz CT molecular complexity index is 531. The first-order valence-electron chi connectivity index (χ1n) is 7.01. The smallest absolute Gasteiger partial charge is 0.257 e. The maximum Gasteiger partial charge on any atom is 0.257 e. The Labute approximate surface area is 127 Å². The van der Waals surface area contributed by atoms with Crippen LogP contribution in [0, 0.1) is 0 Å². The monoisotopic (exact) mass is 287 g/mol. The second kappa shape index (κ2) is 10.5. The topological polar surface area (TPSA) is 67.2 Å².